The van der Waals surface area contributed by atoms with Gasteiger partial charge in [-0.05, 0) is 23.8 Å². The minimum absolute atomic E-state index is 0. The minimum atomic E-state index is 0. The Kier molecular flexibility index (Phi) is 5.47. The molecule has 0 fully saturated rings. The number of hydrogen-bond acceptors (Lipinski definition) is 2. The summed E-state index contributed by atoms with van der Waals surface area (Å²) in [4.78, 5) is 4.22. The Bertz CT molecular complexity index is 482. The van der Waals surface area contributed by atoms with Crippen LogP contribution in [0.2, 0.25) is 0 Å². The predicted octanol–water partition coefficient (Wildman–Crippen LogP) is 2.77. The van der Waals surface area contributed by atoms with Crippen molar-refractivity contribution in [2.24, 2.45) is 5.73 Å². The van der Waals surface area contributed by atoms with Crippen LogP contribution in [0.25, 0.3) is 10.9 Å². The van der Waals surface area contributed by atoms with Crippen molar-refractivity contribution in [2.75, 3.05) is 0 Å². The van der Waals surface area contributed by atoms with E-state index in [9.17, 15) is 0 Å². The van der Waals surface area contributed by atoms with E-state index in [1.807, 2.05) is 30.3 Å². The zero-order chi connectivity index (χ0) is 9.97. The van der Waals surface area contributed by atoms with Crippen LogP contribution >= 0.6 is 12.4 Å². The van der Waals surface area contributed by atoms with Crippen molar-refractivity contribution in [1.29, 1.82) is 5.41 Å². The van der Waals surface area contributed by atoms with Crippen molar-refractivity contribution in [2.45, 2.75) is 13.8 Å². The highest BCUT2D eigenvalue weighted by Gasteiger charge is 1.97. The van der Waals surface area contributed by atoms with Gasteiger partial charge >= 0.3 is 0 Å². The normalized spacial score (nSPS) is 9.00. The zero-order valence-electron chi connectivity index (χ0n) is 8.10. The van der Waals surface area contributed by atoms with Gasteiger partial charge in [0.15, 0.2) is 0 Å². The topological polar surface area (TPSA) is 62.8 Å². The Labute approximate surface area is 102 Å². The molecule has 0 saturated heterocycles. The van der Waals surface area contributed by atoms with E-state index in [0.717, 1.165) is 16.5 Å². The lowest BCUT2D eigenvalue weighted by Crippen LogP contribution is -2.12. The Morgan fingerprint density at radius 2 is 2.06 bits per heavy atom. The highest BCUT2D eigenvalue weighted by atomic mass is 35.5. The number of aromatic nitrogens is 1. The highest BCUT2D eigenvalue weighted by Crippen LogP contribution is 2.13. The van der Waals surface area contributed by atoms with E-state index in [4.69, 9.17) is 11.1 Å². The number of fused-ring (bicyclic) bond motifs is 1. The molecule has 1 aromatic heterocycles. The van der Waals surface area contributed by atoms with E-state index in [1.54, 1.807) is 6.20 Å². The number of nitrogens with two attached hydrogens (primary N) is 1. The Hall–Kier alpha value is -1.61. The maximum absolute atomic E-state index is 7.20. The van der Waals surface area contributed by atoms with Gasteiger partial charge in [-0.1, -0.05) is 19.6 Å². The number of rotatable bonds is 2. The number of benzene rings is 1. The third kappa shape index (κ3) is 3.21. The molecular formula is C12H16ClN3. The fraction of sp³-hybridized carbons (Fsp3) is 0.167. The molecular weight excluding hydrogens is 222 g/mol. The smallest absolute Gasteiger partial charge is 0.0950 e. The van der Waals surface area contributed by atoms with Gasteiger partial charge in [-0.25, -0.2) is 0 Å². The summed E-state index contributed by atoms with van der Waals surface area (Å²) in [7, 11) is 0. The van der Waals surface area contributed by atoms with E-state index in [1.165, 1.54) is 0 Å². The number of nitrogens with zero attached hydrogens (tertiary/aromatic N) is 1. The van der Waals surface area contributed by atoms with E-state index >= 15 is 0 Å². The van der Waals surface area contributed by atoms with Crippen molar-refractivity contribution in [3.05, 3.63) is 42.1 Å². The van der Waals surface area contributed by atoms with Crippen LogP contribution in [0.15, 0.2) is 36.5 Å². The lowest BCUT2D eigenvalue weighted by atomic mass is 10.1. The summed E-state index contributed by atoms with van der Waals surface area (Å²) in [6.45, 7) is 0. The van der Waals surface area contributed by atoms with E-state index in [2.05, 4.69) is 4.98 Å². The molecule has 4 heteroatoms. The lowest BCUT2D eigenvalue weighted by Gasteiger charge is -2.01. The summed E-state index contributed by atoms with van der Waals surface area (Å²) in [5.41, 5.74) is 7.36. The Morgan fingerprint density at radius 1 is 1.31 bits per heavy atom. The fourth-order valence-electron chi connectivity index (χ4n) is 1.45. The van der Waals surface area contributed by atoms with Crippen LogP contribution in [0.1, 0.15) is 13.0 Å². The van der Waals surface area contributed by atoms with Gasteiger partial charge in [0.05, 0.1) is 11.4 Å². The molecule has 0 atom stereocenters. The van der Waals surface area contributed by atoms with Crippen LogP contribution in [0.5, 0.6) is 0 Å². The zero-order valence-corrected chi connectivity index (χ0v) is 8.92. The molecule has 0 amide bonds. The summed E-state index contributed by atoms with van der Waals surface area (Å²) in [6, 6.07) is 9.83. The minimum Gasteiger partial charge on any atom is -0.387 e. The molecule has 0 aliphatic carbocycles. The highest BCUT2D eigenvalue weighted by molar-refractivity contribution is 5.85. The first-order chi connectivity index (χ1) is 6.75. The van der Waals surface area contributed by atoms with E-state index < -0.39 is 0 Å². The SMILES string of the molecule is C.Cl.N=C(N)Cc1ccc2ncccc2c1. The van der Waals surface area contributed by atoms with Crippen LogP contribution in [0, 0.1) is 5.41 Å². The van der Waals surface area contributed by atoms with Crippen molar-refractivity contribution in [3.63, 3.8) is 0 Å². The molecule has 0 unspecified atom stereocenters. The van der Waals surface area contributed by atoms with E-state index in [-0.39, 0.29) is 25.7 Å². The maximum atomic E-state index is 7.20. The average molecular weight is 238 g/mol. The monoisotopic (exact) mass is 237 g/mol. The third-order valence-corrected chi connectivity index (χ3v) is 2.06. The summed E-state index contributed by atoms with van der Waals surface area (Å²) in [5, 5.41) is 8.29. The molecule has 0 saturated carbocycles. The lowest BCUT2D eigenvalue weighted by molar-refractivity contribution is 1.25. The molecule has 0 radical (unpaired) electrons. The van der Waals surface area contributed by atoms with Gasteiger partial charge in [0.2, 0.25) is 0 Å². The van der Waals surface area contributed by atoms with Crippen molar-refractivity contribution < 1.29 is 0 Å². The van der Waals surface area contributed by atoms with Crippen molar-refractivity contribution >= 4 is 29.1 Å². The number of pyridine rings is 1. The first-order valence-electron chi connectivity index (χ1n) is 4.42. The second-order valence-corrected chi connectivity index (χ2v) is 3.23. The van der Waals surface area contributed by atoms with Crippen LogP contribution in [-0.2, 0) is 6.42 Å². The maximum Gasteiger partial charge on any atom is 0.0950 e. The number of amidine groups is 1. The second-order valence-electron chi connectivity index (χ2n) is 3.23. The first-order valence-corrected chi connectivity index (χ1v) is 4.42. The molecule has 1 aromatic carbocycles. The van der Waals surface area contributed by atoms with Crippen molar-refractivity contribution in [3.8, 4) is 0 Å². The summed E-state index contributed by atoms with van der Waals surface area (Å²) < 4.78 is 0. The molecule has 1 heterocycles. The van der Waals surface area contributed by atoms with Crippen LogP contribution in [-0.4, -0.2) is 10.8 Å². The number of nitrogens with one attached hydrogen (secondary N) is 1. The van der Waals surface area contributed by atoms with E-state index in [0.29, 0.717) is 6.42 Å². The standard InChI is InChI=1S/C11H11N3.CH4.ClH/c12-11(13)7-8-3-4-10-9(6-8)2-1-5-14-10;;/h1-6H,7H2,(H3,12,13);1H4;1H. The average Bonchev–Trinajstić information content (AvgIpc) is 2.17. The molecule has 3 nitrogen and oxygen atoms in total. The van der Waals surface area contributed by atoms with Gasteiger partial charge < -0.3 is 5.73 Å². The van der Waals surface area contributed by atoms with Crippen LogP contribution in [0.4, 0.5) is 0 Å². The molecule has 0 aliphatic rings. The number of hydrogen-bond donors (Lipinski definition) is 2. The fourth-order valence-corrected chi connectivity index (χ4v) is 1.45. The van der Waals surface area contributed by atoms with Gasteiger partial charge in [0, 0.05) is 18.0 Å². The van der Waals surface area contributed by atoms with Gasteiger partial charge in [-0.2, -0.15) is 0 Å². The van der Waals surface area contributed by atoms with Crippen LogP contribution < -0.4 is 5.73 Å². The van der Waals surface area contributed by atoms with Crippen LogP contribution in [0.3, 0.4) is 0 Å². The molecule has 3 N–H and O–H groups in total. The predicted molar refractivity (Wildman–Crippen MR) is 71.3 cm³/mol. The second kappa shape index (κ2) is 6.08. The largest absolute Gasteiger partial charge is 0.387 e. The number of halogens is 1. The summed E-state index contributed by atoms with van der Waals surface area (Å²) >= 11 is 0. The molecule has 0 bridgehead atoms. The molecule has 16 heavy (non-hydrogen) atoms. The Balaban J connectivity index is 0.00000112. The molecule has 2 aromatic rings. The van der Waals surface area contributed by atoms with Crippen molar-refractivity contribution in [1.82, 2.24) is 4.98 Å². The summed E-state index contributed by atoms with van der Waals surface area (Å²) in [5.74, 6) is 0.188. The molecule has 0 aliphatic heterocycles. The third-order valence-electron chi connectivity index (χ3n) is 2.06. The van der Waals surface area contributed by atoms with Gasteiger partial charge in [-0.3, -0.25) is 10.4 Å². The Morgan fingerprint density at radius 3 is 2.75 bits per heavy atom. The van der Waals surface area contributed by atoms with Gasteiger partial charge in [0.1, 0.15) is 0 Å². The van der Waals surface area contributed by atoms with Gasteiger partial charge in [-0.15, -0.1) is 12.4 Å². The quantitative estimate of drug-likeness (QED) is 0.623. The van der Waals surface area contributed by atoms with Gasteiger partial charge in [0.25, 0.3) is 0 Å². The summed E-state index contributed by atoms with van der Waals surface area (Å²) in [6.07, 6.45) is 2.28. The molecule has 86 valence electrons. The first kappa shape index (κ1) is 14.4. The molecule has 0 spiro atoms. The molecule has 2 rings (SSSR count).